The van der Waals surface area contributed by atoms with Crippen molar-refractivity contribution < 1.29 is 14.3 Å². The number of hydrogen-bond donors (Lipinski definition) is 2. The van der Waals surface area contributed by atoms with Crippen LogP contribution in [0.2, 0.25) is 0 Å². The molecule has 0 spiro atoms. The van der Waals surface area contributed by atoms with Gasteiger partial charge in [0.2, 0.25) is 5.91 Å². The summed E-state index contributed by atoms with van der Waals surface area (Å²) in [5.74, 6) is -0.687. The number of amides is 1. The zero-order valence-electron chi connectivity index (χ0n) is 8.73. The monoisotopic (exact) mass is 244 g/mol. The standard InChI is InChI=1S/C10H12N2O3.ClH/c1-15-10(14)7-2-4-8(5-3-7)12-9(13)6-11;/h2-5H,6,11H2,1H3,(H,12,13);1H. The minimum absolute atomic E-state index is 0. The van der Waals surface area contributed by atoms with Crippen LogP contribution >= 0.6 is 12.4 Å². The van der Waals surface area contributed by atoms with Crippen LogP contribution in [0.5, 0.6) is 0 Å². The third-order valence-electron chi connectivity index (χ3n) is 1.78. The molecule has 0 heterocycles. The highest BCUT2D eigenvalue weighted by molar-refractivity contribution is 5.93. The smallest absolute Gasteiger partial charge is 0.337 e. The number of carbonyl (C=O) groups is 2. The van der Waals surface area contributed by atoms with Crippen molar-refractivity contribution in [3.8, 4) is 0 Å². The Balaban J connectivity index is 0.00000225. The van der Waals surface area contributed by atoms with Gasteiger partial charge in [-0.15, -0.1) is 12.4 Å². The highest BCUT2D eigenvalue weighted by Crippen LogP contribution is 2.09. The van der Waals surface area contributed by atoms with E-state index in [2.05, 4.69) is 10.1 Å². The van der Waals surface area contributed by atoms with Crippen LogP contribution in [0.25, 0.3) is 0 Å². The average molecular weight is 245 g/mol. The van der Waals surface area contributed by atoms with Crippen molar-refractivity contribution in [1.82, 2.24) is 0 Å². The van der Waals surface area contributed by atoms with Crippen molar-refractivity contribution >= 4 is 30.0 Å². The minimum Gasteiger partial charge on any atom is -0.465 e. The largest absolute Gasteiger partial charge is 0.465 e. The molecule has 0 aromatic heterocycles. The number of methoxy groups -OCH3 is 1. The topological polar surface area (TPSA) is 81.4 Å². The van der Waals surface area contributed by atoms with E-state index in [9.17, 15) is 9.59 Å². The van der Waals surface area contributed by atoms with Crippen LogP contribution in [0.4, 0.5) is 5.69 Å². The van der Waals surface area contributed by atoms with Crippen molar-refractivity contribution in [2.75, 3.05) is 19.0 Å². The summed E-state index contributed by atoms with van der Waals surface area (Å²) in [6.45, 7) is -0.0707. The molecule has 1 aromatic rings. The number of ether oxygens (including phenoxy) is 1. The maximum Gasteiger partial charge on any atom is 0.337 e. The molecule has 0 aliphatic carbocycles. The second kappa shape index (κ2) is 6.81. The first-order valence-electron chi connectivity index (χ1n) is 4.35. The number of nitrogens with one attached hydrogen (secondary N) is 1. The Hall–Kier alpha value is -1.59. The highest BCUT2D eigenvalue weighted by atomic mass is 35.5. The second-order valence-corrected chi connectivity index (χ2v) is 2.82. The Morgan fingerprint density at radius 1 is 1.31 bits per heavy atom. The van der Waals surface area contributed by atoms with E-state index in [0.717, 1.165) is 0 Å². The van der Waals surface area contributed by atoms with Gasteiger partial charge in [-0.1, -0.05) is 0 Å². The van der Waals surface area contributed by atoms with Crippen molar-refractivity contribution in [3.05, 3.63) is 29.8 Å². The number of anilines is 1. The SMILES string of the molecule is COC(=O)c1ccc(NC(=O)CN)cc1.Cl. The fourth-order valence-corrected chi connectivity index (χ4v) is 1.02. The van der Waals surface area contributed by atoms with Crippen LogP contribution in [-0.4, -0.2) is 25.5 Å². The molecule has 88 valence electrons. The lowest BCUT2D eigenvalue weighted by atomic mass is 10.2. The first kappa shape index (κ1) is 14.4. The molecule has 16 heavy (non-hydrogen) atoms. The van der Waals surface area contributed by atoms with Crippen LogP contribution in [0, 0.1) is 0 Å². The van der Waals surface area contributed by atoms with Gasteiger partial charge in [-0.3, -0.25) is 4.79 Å². The molecule has 0 radical (unpaired) electrons. The maximum absolute atomic E-state index is 11.1. The van der Waals surface area contributed by atoms with Crippen molar-refractivity contribution in [2.45, 2.75) is 0 Å². The molecule has 0 saturated heterocycles. The summed E-state index contributed by atoms with van der Waals surface area (Å²) in [4.78, 5) is 22.0. The Morgan fingerprint density at radius 3 is 2.31 bits per heavy atom. The van der Waals surface area contributed by atoms with E-state index in [1.54, 1.807) is 24.3 Å². The van der Waals surface area contributed by atoms with Gasteiger partial charge in [0.25, 0.3) is 0 Å². The molecule has 6 heteroatoms. The zero-order chi connectivity index (χ0) is 11.3. The molecule has 5 nitrogen and oxygen atoms in total. The Kier molecular flexibility index (Phi) is 6.14. The van der Waals surface area contributed by atoms with E-state index in [-0.39, 0.29) is 24.9 Å². The van der Waals surface area contributed by atoms with Gasteiger partial charge in [0.15, 0.2) is 0 Å². The molecule has 1 aromatic carbocycles. The number of nitrogens with two attached hydrogens (primary N) is 1. The fourth-order valence-electron chi connectivity index (χ4n) is 1.02. The van der Waals surface area contributed by atoms with E-state index in [4.69, 9.17) is 5.73 Å². The van der Waals surface area contributed by atoms with Crippen LogP contribution in [0.1, 0.15) is 10.4 Å². The van der Waals surface area contributed by atoms with Crippen LogP contribution in [-0.2, 0) is 9.53 Å². The number of hydrogen-bond acceptors (Lipinski definition) is 4. The number of rotatable bonds is 3. The number of esters is 1. The molecular formula is C10H13ClN2O3. The summed E-state index contributed by atoms with van der Waals surface area (Å²) in [6, 6.07) is 6.36. The highest BCUT2D eigenvalue weighted by Gasteiger charge is 2.04. The van der Waals surface area contributed by atoms with Gasteiger partial charge in [0, 0.05) is 5.69 Å². The second-order valence-electron chi connectivity index (χ2n) is 2.82. The lowest BCUT2D eigenvalue weighted by Gasteiger charge is -2.04. The third kappa shape index (κ3) is 3.88. The van der Waals surface area contributed by atoms with E-state index in [0.29, 0.717) is 11.3 Å². The number of benzene rings is 1. The third-order valence-corrected chi connectivity index (χ3v) is 1.78. The van der Waals surface area contributed by atoms with E-state index in [1.807, 2.05) is 0 Å². The van der Waals surface area contributed by atoms with E-state index < -0.39 is 5.97 Å². The molecule has 0 bridgehead atoms. The Labute approximate surface area is 99.4 Å². The Morgan fingerprint density at radius 2 is 1.88 bits per heavy atom. The first-order valence-corrected chi connectivity index (χ1v) is 4.35. The lowest BCUT2D eigenvalue weighted by molar-refractivity contribution is -0.114. The number of halogens is 1. The van der Waals surface area contributed by atoms with Crippen LogP contribution in [0.15, 0.2) is 24.3 Å². The lowest BCUT2D eigenvalue weighted by Crippen LogP contribution is -2.21. The van der Waals surface area contributed by atoms with Gasteiger partial charge in [0.1, 0.15) is 0 Å². The van der Waals surface area contributed by atoms with Crippen LogP contribution in [0.3, 0.4) is 0 Å². The molecule has 1 amide bonds. The Bertz CT molecular complexity index is 365. The van der Waals surface area contributed by atoms with Gasteiger partial charge in [0.05, 0.1) is 19.2 Å². The molecule has 0 atom stereocenters. The van der Waals surface area contributed by atoms with Crippen molar-refractivity contribution in [2.24, 2.45) is 5.73 Å². The van der Waals surface area contributed by atoms with E-state index >= 15 is 0 Å². The summed E-state index contributed by atoms with van der Waals surface area (Å²) in [5.41, 5.74) is 6.16. The van der Waals surface area contributed by atoms with Crippen molar-refractivity contribution in [3.63, 3.8) is 0 Å². The van der Waals surface area contributed by atoms with Gasteiger partial charge in [-0.05, 0) is 24.3 Å². The summed E-state index contributed by atoms with van der Waals surface area (Å²) < 4.78 is 4.53. The van der Waals surface area contributed by atoms with Gasteiger partial charge in [-0.2, -0.15) is 0 Å². The van der Waals surface area contributed by atoms with Crippen molar-refractivity contribution in [1.29, 1.82) is 0 Å². The molecule has 1 rings (SSSR count). The quantitative estimate of drug-likeness (QED) is 0.771. The zero-order valence-corrected chi connectivity index (χ0v) is 9.54. The molecule has 0 fully saturated rings. The summed E-state index contributed by atoms with van der Waals surface area (Å²) in [7, 11) is 1.31. The van der Waals surface area contributed by atoms with Gasteiger partial charge >= 0.3 is 5.97 Å². The molecule has 0 aliphatic heterocycles. The molecule has 0 aliphatic rings. The minimum atomic E-state index is -0.410. The molecule has 0 unspecified atom stereocenters. The van der Waals surface area contributed by atoms with Gasteiger partial charge < -0.3 is 15.8 Å². The van der Waals surface area contributed by atoms with Gasteiger partial charge in [-0.25, -0.2) is 4.79 Å². The predicted octanol–water partition coefficient (Wildman–Crippen LogP) is 0.792. The maximum atomic E-state index is 11.1. The molecule has 3 N–H and O–H groups in total. The molecule has 0 saturated carbocycles. The fraction of sp³-hybridized carbons (Fsp3) is 0.200. The summed E-state index contributed by atoms with van der Waals surface area (Å²) in [6.07, 6.45) is 0. The predicted molar refractivity (Wildman–Crippen MR) is 62.7 cm³/mol. The van der Waals surface area contributed by atoms with E-state index in [1.165, 1.54) is 7.11 Å². The van der Waals surface area contributed by atoms with Crippen LogP contribution < -0.4 is 11.1 Å². The average Bonchev–Trinajstić information content (AvgIpc) is 2.29. The number of carbonyl (C=O) groups excluding carboxylic acids is 2. The summed E-state index contributed by atoms with van der Waals surface area (Å²) >= 11 is 0. The summed E-state index contributed by atoms with van der Waals surface area (Å²) in [5, 5.41) is 2.56. The molecular weight excluding hydrogens is 232 g/mol. The first-order chi connectivity index (χ1) is 7.17. The normalized spacial score (nSPS) is 8.88.